The van der Waals surface area contributed by atoms with E-state index in [2.05, 4.69) is 4.98 Å². The molecule has 0 unspecified atom stereocenters. The number of hydrogen-bond acceptors (Lipinski definition) is 4. The zero-order valence-electron chi connectivity index (χ0n) is 11.3. The van der Waals surface area contributed by atoms with Gasteiger partial charge in [0.15, 0.2) is 5.88 Å². The van der Waals surface area contributed by atoms with Gasteiger partial charge in [0.25, 0.3) is 11.5 Å². The topological polar surface area (TPSA) is 99.4 Å². The fourth-order valence-corrected chi connectivity index (χ4v) is 2.64. The number of nitrogens with two attached hydrogens (primary N) is 1. The molecule has 1 aliphatic rings. The van der Waals surface area contributed by atoms with E-state index in [-0.39, 0.29) is 17.4 Å². The normalized spacial score (nSPS) is 13.8. The number of aromatic nitrogens is 1. The van der Waals surface area contributed by atoms with Crippen molar-refractivity contribution >= 4 is 17.3 Å². The van der Waals surface area contributed by atoms with Crippen LogP contribution in [0.4, 0.5) is 11.4 Å². The lowest BCUT2D eigenvalue weighted by atomic mass is 10.00. The van der Waals surface area contributed by atoms with E-state index in [1.807, 2.05) is 12.1 Å². The first-order valence-corrected chi connectivity index (χ1v) is 6.68. The van der Waals surface area contributed by atoms with Crippen molar-refractivity contribution in [2.24, 2.45) is 0 Å². The van der Waals surface area contributed by atoms with E-state index >= 15 is 0 Å². The number of amides is 1. The number of aromatic amines is 1. The first-order valence-electron chi connectivity index (χ1n) is 6.68. The zero-order valence-corrected chi connectivity index (χ0v) is 11.3. The maximum Gasteiger partial charge on any atom is 0.258 e. The predicted molar refractivity (Wildman–Crippen MR) is 79.6 cm³/mol. The van der Waals surface area contributed by atoms with Gasteiger partial charge in [-0.2, -0.15) is 0 Å². The number of fused-ring (bicyclic) bond motifs is 1. The van der Waals surface area contributed by atoms with E-state index in [1.165, 1.54) is 12.1 Å². The molecule has 1 amide bonds. The van der Waals surface area contributed by atoms with Crippen molar-refractivity contribution in [3.8, 4) is 5.88 Å². The summed E-state index contributed by atoms with van der Waals surface area (Å²) in [6, 6.07) is 7.88. The molecule has 0 aliphatic carbocycles. The number of H-pyrrole nitrogens is 1. The van der Waals surface area contributed by atoms with Gasteiger partial charge in [-0.05, 0) is 36.6 Å². The molecule has 21 heavy (non-hydrogen) atoms. The number of nitrogens with zero attached hydrogens (tertiary/aromatic N) is 1. The Labute approximate surface area is 120 Å². The Morgan fingerprint density at radius 2 is 2.10 bits per heavy atom. The molecule has 1 aromatic carbocycles. The van der Waals surface area contributed by atoms with Gasteiger partial charge in [-0.25, -0.2) is 0 Å². The molecule has 0 bridgehead atoms. The molecule has 0 spiro atoms. The van der Waals surface area contributed by atoms with Crippen LogP contribution in [0, 0.1) is 0 Å². The maximum atomic E-state index is 12.6. The molecule has 4 N–H and O–H groups in total. The number of benzene rings is 1. The highest BCUT2D eigenvalue weighted by Gasteiger charge is 2.24. The molecule has 1 aromatic heterocycles. The number of anilines is 2. The number of nitrogens with one attached hydrogen (secondary N) is 1. The van der Waals surface area contributed by atoms with Gasteiger partial charge < -0.3 is 15.7 Å². The number of aryl methyl sites for hydroxylation is 1. The largest absolute Gasteiger partial charge is 0.494 e. The quantitative estimate of drug-likeness (QED) is 0.687. The summed E-state index contributed by atoms with van der Waals surface area (Å²) in [5.41, 5.74) is 7.92. The molecule has 108 valence electrons. The standard InChI is InChI=1S/C15H15N3O3/c16-11-3-4-12-9(6-11)2-1-5-18(12)15(21)10-7-13(19)17-14(20)8-10/h3-4,6-8H,1-2,5,16H2,(H2,17,19,20). The fraction of sp³-hybridized carbons (Fsp3) is 0.200. The molecule has 0 saturated heterocycles. The fourth-order valence-electron chi connectivity index (χ4n) is 2.64. The third kappa shape index (κ3) is 2.47. The minimum absolute atomic E-state index is 0.168. The summed E-state index contributed by atoms with van der Waals surface area (Å²) in [4.78, 5) is 27.8. The van der Waals surface area contributed by atoms with Crippen LogP contribution in [0.25, 0.3) is 0 Å². The van der Waals surface area contributed by atoms with Gasteiger partial charge in [-0.3, -0.25) is 14.6 Å². The van der Waals surface area contributed by atoms with E-state index < -0.39 is 5.56 Å². The van der Waals surface area contributed by atoms with Crippen LogP contribution >= 0.6 is 0 Å². The minimum Gasteiger partial charge on any atom is -0.494 e. The summed E-state index contributed by atoms with van der Waals surface area (Å²) in [5.74, 6) is -0.623. The third-order valence-corrected chi connectivity index (χ3v) is 3.54. The maximum absolute atomic E-state index is 12.6. The number of carbonyl (C=O) groups excluding carboxylic acids is 1. The molecule has 3 rings (SSSR count). The number of pyridine rings is 1. The number of aromatic hydroxyl groups is 1. The van der Waals surface area contributed by atoms with Crippen LogP contribution in [0.2, 0.25) is 0 Å². The Bertz CT molecular complexity index is 767. The van der Waals surface area contributed by atoms with Gasteiger partial charge in [-0.15, -0.1) is 0 Å². The summed E-state index contributed by atoms with van der Waals surface area (Å²) in [6.07, 6.45) is 1.70. The van der Waals surface area contributed by atoms with Crippen LogP contribution in [0.1, 0.15) is 22.3 Å². The van der Waals surface area contributed by atoms with Gasteiger partial charge in [0.2, 0.25) is 0 Å². The molecule has 1 aliphatic heterocycles. The molecular weight excluding hydrogens is 270 g/mol. The molecule has 0 radical (unpaired) electrons. The zero-order chi connectivity index (χ0) is 15.0. The van der Waals surface area contributed by atoms with Gasteiger partial charge in [0.05, 0.1) is 5.56 Å². The lowest BCUT2D eigenvalue weighted by Crippen LogP contribution is -2.36. The Morgan fingerprint density at radius 1 is 1.29 bits per heavy atom. The second kappa shape index (κ2) is 4.97. The van der Waals surface area contributed by atoms with E-state index in [0.717, 1.165) is 24.1 Å². The van der Waals surface area contributed by atoms with E-state index in [0.29, 0.717) is 12.2 Å². The number of rotatable bonds is 1. The van der Waals surface area contributed by atoms with E-state index in [9.17, 15) is 14.7 Å². The molecule has 2 heterocycles. The van der Waals surface area contributed by atoms with Crippen molar-refractivity contribution in [2.45, 2.75) is 12.8 Å². The van der Waals surface area contributed by atoms with Crippen molar-refractivity contribution in [3.63, 3.8) is 0 Å². The van der Waals surface area contributed by atoms with Crippen molar-refractivity contribution < 1.29 is 9.90 Å². The van der Waals surface area contributed by atoms with Crippen LogP contribution in [-0.4, -0.2) is 22.5 Å². The Hall–Kier alpha value is -2.76. The van der Waals surface area contributed by atoms with Crippen molar-refractivity contribution in [1.29, 1.82) is 0 Å². The van der Waals surface area contributed by atoms with Crippen LogP contribution in [0.3, 0.4) is 0 Å². The molecule has 2 aromatic rings. The summed E-state index contributed by atoms with van der Waals surface area (Å²) in [7, 11) is 0. The summed E-state index contributed by atoms with van der Waals surface area (Å²) in [6.45, 7) is 0.573. The average Bonchev–Trinajstić information content (AvgIpc) is 2.44. The molecule has 6 heteroatoms. The van der Waals surface area contributed by atoms with Gasteiger partial charge >= 0.3 is 0 Å². The van der Waals surface area contributed by atoms with Crippen molar-refractivity contribution in [1.82, 2.24) is 4.98 Å². The predicted octanol–water partition coefficient (Wildman–Crippen LogP) is 1.26. The van der Waals surface area contributed by atoms with Crippen LogP contribution in [-0.2, 0) is 6.42 Å². The SMILES string of the molecule is Nc1ccc2c(c1)CCCN2C(=O)c1cc(O)[nH]c(=O)c1. The van der Waals surface area contributed by atoms with E-state index in [1.54, 1.807) is 11.0 Å². The van der Waals surface area contributed by atoms with Gasteiger partial charge in [-0.1, -0.05) is 0 Å². The Kier molecular flexibility index (Phi) is 3.13. The Morgan fingerprint density at radius 3 is 2.86 bits per heavy atom. The molecule has 6 nitrogen and oxygen atoms in total. The first-order chi connectivity index (χ1) is 10.0. The minimum atomic E-state index is -0.507. The van der Waals surface area contributed by atoms with E-state index in [4.69, 9.17) is 5.73 Å². The number of hydrogen-bond donors (Lipinski definition) is 3. The third-order valence-electron chi connectivity index (χ3n) is 3.54. The highest BCUT2D eigenvalue weighted by Crippen LogP contribution is 2.30. The molecule has 0 atom stereocenters. The van der Waals surface area contributed by atoms with Crippen molar-refractivity contribution in [3.05, 3.63) is 51.8 Å². The Balaban J connectivity index is 2.02. The monoisotopic (exact) mass is 285 g/mol. The highest BCUT2D eigenvalue weighted by atomic mass is 16.3. The summed E-state index contributed by atoms with van der Waals surface area (Å²) >= 11 is 0. The molecule has 0 saturated carbocycles. The van der Waals surface area contributed by atoms with Crippen molar-refractivity contribution in [2.75, 3.05) is 17.2 Å². The molecule has 0 fully saturated rings. The first kappa shape index (κ1) is 13.2. The summed E-state index contributed by atoms with van der Waals surface area (Å²) in [5, 5.41) is 9.43. The highest BCUT2D eigenvalue weighted by molar-refractivity contribution is 6.06. The second-order valence-corrected chi connectivity index (χ2v) is 5.07. The average molecular weight is 285 g/mol. The van der Waals surface area contributed by atoms with Crippen LogP contribution in [0.5, 0.6) is 5.88 Å². The van der Waals surface area contributed by atoms with Gasteiger partial charge in [0, 0.05) is 30.1 Å². The van der Waals surface area contributed by atoms with Crippen LogP contribution in [0.15, 0.2) is 35.1 Å². The van der Waals surface area contributed by atoms with Gasteiger partial charge in [0.1, 0.15) is 0 Å². The smallest absolute Gasteiger partial charge is 0.258 e. The van der Waals surface area contributed by atoms with Crippen LogP contribution < -0.4 is 16.2 Å². The number of carbonyl (C=O) groups is 1. The summed E-state index contributed by atoms with van der Waals surface area (Å²) < 4.78 is 0. The molecular formula is C15H15N3O3. The lowest BCUT2D eigenvalue weighted by molar-refractivity contribution is 0.0984. The number of nitrogen functional groups attached to an aromatic ring is 1. The second-order valence-electron chi connectivity index (χ2n) is 5.07. The lowest BCUT2D eigenvalue weighted by Gasteiger charge is -2.29.